The van der Waals surface area contributed by atoms with E-state index in [4.69, 9.17) is 4.98 Å². The fraction of sp³-hybridized carbons (Fsp3) is 0.286. The molecule has 4 aromatic rings. The number of hydrogen-bond donors (Lipinski definition) is 0. The molecule has 0 N–H and O–H groups in total. The van der Waals surface area contributed by atoms with Crippen molar-refractivity contribution >= 4 is 42.6 Å². The van der Waals surface area contributed by atoms with Crippen molar-refractivity contribution in [3.05, 3.63) is 89.2 Å². The van der Waals surface area contributed by atoms with Crippen LogP contribution >= 0.6 is 11.3 Å². The minimum absolute atomic E-state index is 0.0444. The molecular weight excluding hydrogens is 509 g/mol. The number of fused-ring (bicyclic) bond motifs is 1. The van der Waals surface area contributed by atoms with Gasteiger partial charge in [0.2, 0.25) is 15.9 Å². The van der Waals surface area contributed by atoms with Crippen molar-refractivity contribution in [2.24, 2.45) is 5.92 Å². The van der Waals surface area contributed by atoms with Crippen LogP contribution < -0.4 is 4.90 Å². The molecule has 192 valence electrons. The average Bonchev–Trinajstić information content (AvgIpc) is 3.37. The standard InChI is InChI=1S/C28H28FN3O3S2/c1-19-8-9-20(2)26-25(19)30-28(36-26)32(18-21-6-4-3-5-7-21)27(33)22-14-16-31(17-15-22)37(34,35)24-12-10-23(29)11-13-24/h3-13,22H,14-18H2,1-2H3. The molecule has 0 bridgehead atoms. The van der Waals surface area contributed by atoms with Gasteiger partial charge in [-0.25, -0.2) is 17.8 Å². The zero-order valence-corrected chi connectivity index (χ0v) is 22.4. The van der Waals surface area contributed by atoms with E-state index in [9.17, 15) is 17.6 Å². The number of thiazole rings is 1. The fourth-order valence-electron chi connectivity index (χ4n) is 4.69. The number of halogens is 1. The Bertz CT molecular complexity index is 1490. The first kappa shape index (κ1) is 25.5. The highest BCUT2D eigenvalue weighted by molar-refractivity contribution is 7.89. The van der Waals surface area contributed by atoms with Crippen LogP contribution in [-0.2, 0) is 21.4 Å². The van der Waals surface area contributed by atoms with Gasteiger partial charge in [-0.1, -0.05) is 53.8 Å². The molecule has 1 aliphatic rings. The van der Waals surface area contributed by atoms with Crippen molar-refractivity contribution in [2.75, 3.05) is 18.0 Å². The highest BCUT2D eigenvalue weighted by atomic mass is 32.2. The van der Waals surface area contributed by atoms with Crippen LogP contribution in [0.15, 0.2) is 71.6 Å². The van der Waals surface area contributed by atoms with Crippen molar-refractivity contribution in [3.63, 3.8) is 0 Å². The van der Waals surface area contributed by atoms with Crippen LogP contribution in [0.5, 0.6) is 0 Å². The second-order valence-corrected chi connectivity index (χ2v) is 12.3. The van der Waals surface area contributed by atoms with Gasteiger partial charge in [0.15, 0.2) is 5.13 Å². The Hall–Kier alpha value is -3.14. The number of amides is 1. The van der Waals surface area contributed by atoms with E-state index in [1.807, 2.05) is 50.2 Å². The number of hydrogen-bond acceptors (Lipinski definition) is 5. The second-order valence-electron chi connectivity index (χ2n) is 9.42. The summed E-state index contributed by atoms with van der Waals surface area (Å²) in [5, 5.41) is 0.655. The molecule has 1 saturated heterocycles. The third-order valence-corrected chi connectivity index (χ3v) is 9.99. The summed E-state index contributed by atoms with van der Waals surface area (Å²) in [6, 6.07) is 18.8. The number of aryl methyl sites for hydroxylation is 2. The lowest BCUT2D eigenvalue weighted by atomic mass is 9.96. The SMILES string of the molecule is Cc1ccc(C)c2sc(N(Cc3ccccc3)C(=O)C3CCN(S(=O)(=O)c4ccc(F)cc4)CC3)nc12. The van der Waals surface area contributed by atoms with E-state index in [0.29, 0.717) is 24.5 Å². The van der Waals surface area contributed by atoms with Crippen molar-refractivity contribution in [1.82, 2.24) is 9.29 Å². The monoisotopic (exact) mass is 537 g/mol. The number of nitrogens with zero attached hydrogens (tertiary/aromatic N) is 3. The predicted octanol–water partition coefficient (Wildman–Crippen LogP) is 5.69. The van der Waals surface area contributed by atoms with E-state index < -0.39 is 15.8 Å². The van der Waals surface area contributed by atoms with Gasteiger partial charge in [-0.2, -0.15) is 4.31 Å². The molecule has 2 heterocycles. The van der Waals surface area contributed by atoms with Crippen LogP contribution in [0.25, 0.3) is 10.2 Å². The quantitative estimate of drug-likeness (QED) is 0.317. The maximum Gasteiger partial charge on any atom is 0.243 e. The van der Waals surface area contributed by atoms with Gasteiger partial charge in [-0.05, 0) is 67.6 Å². The maximum atomic E-state index is 13.9. The van der Waals surface area contributed by atoms with E-state index >= 15 is 0 Å². The minimum atomic E-state index is -3.74. The predicted molar refractivity (Wildman–Crippen MR) is 145 cm³/mol. The molecule has 1 aliphatic heterocycles. The Morgan fingerprint density at radius 1 is 1.00 bits per heavy atom. The lowest BCUT2D eigenvalue weighted by molar-refractivity contribution is -0.123. The third kappa shape index (κ3) is 5.16. The zero-order valence-electron chi connectivity index (χ0n) is 20.7. The van der Waals surface area contributed by atoms with Gasteiger partial charge in [-0.15, -0.1) is 0 Å². The largest absolute Gasteiger partial charge is 0.283 e. The lowest BCUT2D eigenvalue weighted by Gasteiger charge is -2.33. The Kier molecular flexibility index (Phi) is 7.11. The molecule has 5 rings (SSSR count). The number of benzene rings is 3. The third-order valence-electron chi connectivity index (χ3n) is 6.87. The van der Waals surface area contributed by atoms with Crippen LogP contribution in [-0.4, -0.2) is 36.7 Å². The summed E-state index contributed by atoms with van der Waals surface area (Å²) in [5.74, 6) is -0.850. The van der Waals surface area contributed by atoms with Crippen molar-refractivity contribution in [3.8, 4) is 0 Å². The molecule has 0 unspecified atom stereocenters. The van der Waals surface area contributed by atoms with E-state index in [0.717, 1.165) is 39.0 Å². The molecule has 3 aromatic carbocycles. The summed E-state index contributed by atoms with van der Waals surface area (Å²) in [6.07, 6.45) is 0.820. The Labute approximate surface area is 220 Å². The number of anilines is 1. The second kappa shape index (κ2) is 10.3. The van der Waals surface area contributed by atoms with Gasteiger partial charge in [0.1, 0.15) is 5.82 Å². The van der Waals surface area contributed by atoms with Crippen LogP contribution in [0.2, 0.25) is 0 Å². The van der Waals surface area contributed by atoms with Crippen LogP contribution in [0.4, 0.5) is 9.52 Å². The first-order chi connectivity index (χ1) is 17.7. The maximum absolute atomic E-state index is 13.9. The van der Waals surface area contributed by atoms with Gasteiger partial charge >= 0.3 is 0 Å². The number of sulfonamides is 1. The average molecular weight is 538 g/mol. The topological polar surface area (TPSA) is 70.6 Å². The summed E-state index contributed by atoms with van der Waals surface area (Å²) in [6.45, 7) is 4.92. The Morgan fingerprint density at radius 2 is 1.65 bits per heavy atom. The summed E-state index contributed by atoms with van der Waals surface area (Å²) in [7, 11) is -3.74. The first-order valence-corrected chi connectivity index (χ1v) is 14.5. The summed E-state index contributed by atoms with van der Waals surface area (Å²) < 4.78 is 41.8. The van der Waals surface area contributed by atoms with Crippen molar-refractivity contribution in [2.45, 2.75) is 38.1 Å². The molecule has 1 aromatic heterocycles. The number of piperidine rings is 1. The van der Waals surface area contributed by atoms with E-state index in [1.54, 1.807) is 4.90 Å². The summed E-state index contributed by atoms with van der Waals surface area (Å²) in [4.78, 5) is 20.6. The van der Waals surface area contributed by atoms with Gasteiger partial charge in [0, 0.05) is 19.0 Å². The fourth-order valence-corrected chi connectivity index (χ4v) is 7.27. The van der Waals surface area contributed by atoms with E-state index in [-0.39, 0.29) is 29.8 Å². The molecule has 37 heavy (non-hydrogen) atoms. The summed E-state index contributed by atoms with van der Waals surface area (Å²) >= 11 is 1.52. The van der Waals surface area contributed by atoms with Gasteiger partial charge < -0.3 is 0 Å². The van der Waals surface area contributed by atoms with E-state index in [1.165, 1.54) is 27.8 Å². The normalized spacial score (nSPS) is 15.2. The van der Waals surface area contributed by atoms with Crippen molar-refractivity contribution < 1.29 is 17.6 Å². The molecule has 0 radical (unpaired) electrons. The first-order valence-electron chi connectivity index (χ1n) is 12.2. The molecular formula is C28H28FN3O3S2. The number of carbonyl (C=O) groups excluding carboxylic acids is 1. The van der Waals surface area contributed by atoms with Gasteiger partial charge in [0.25, 0.3) is 0 Å². The molecule has 9 heteroatoms. The van der Waals surface area contributed by atoms with Gasteiger partial charge in [-0.3, -0.25) is 9.69 Å². The highest BCUT2D eigenvalue weighted by Gasteiger charge is 2.35. The lowest BCUT2D eigenvalue weighted by Crippen LogP contribution is -2.44. The smallest absolute Gasteiger partial charge is 0.243 e. The zero-order chi connectivity index (χ0) is 26.2. The minimum Gasteiger partial charge on any atom is -0.283 e. The van der Waals surface area contributed by atoms with Crippen LogP contribution in [0.1, 0.15) is 29.5 Å². The molecule has 0 atom stereocenters. The molecule has 6 nitrogen and oxygen atoms in total. The number of carbonyl (C=O) groups is 1. The molecule has 0 spiro atoms. The molecule has 0 aliphatic carbocycles. The number of aromatic nitrogens is 1. The van der Waals surface area contributed by atoms with Crippen LogP contribution in [0.3, 0.4) is 0 Å². The highest BCUT2D eigenvalue weighted by Crippen LogP contribution is 2.35. The molecule has 0 saturated carbocycles. The Morgan fingerprint density at radius 3 is 2.30 bits per heavy atom. The van der Waals surface area contributed by atoms with Gasteiger partial charge in [0.05, 0.1) is 21.7 Å². The van der Waals surface area contributed by atoms with Crippen LogP contribution in [0, 0.1) is 25.6 Å². The van der Waals surface area contributed by atoms with E-state index in [2.05, 4.69) is 6.07 Å². The molecule has 1 fully saturated rings. The molecule has 1 amide bonds. The Balaban J connectivity index is 1.39. The number of rotatable bonds is 6. The van der Waals surface area contributed by atoms with Crippen molar-refractivity contribution in [1.29, 1.82) is 0 Å². The summed E-state index contributed by atoms with van der Waals surface area (Å²) in [5.41, 5.74) is 4.09.